The summed E-state index contributed by atoms with van der Waals surface area (Å²) in [5.74, 6) is -0.590. The molecule has 1 atom stereocenters. The minimum Gasteiger partial charge on any atom is -0.464 e. The Hall–Kier alpha value is -2.33. The summed E-state index contributed by atoms with van der Waals surface area (Å²) in [7, 11) is 0. The molecule has 1 N–H and O–H groups in total. The van der Waals surface area contributed by atoms with Crippen LogP contribution in [0.4, 0.5) is 5.69 Å². The van der Waals surface area contributed by atoms with Crippen molar-refractivity contribution in [3.8, 4) is 0 Å². The van der Waals surface area contributed by atoms with Gasteiger partial charge in [-0.25, -0.2) is 4.79 Å². The van der Waals surface area contributed by atoms with Gasteiger partial charge in [0.1, 0.15) is 5.56 Å². The average molecular weight is 362 g/mol. The Balaban J connectivity index is 2.30. The predicted molar refractivity (Wildman–Crippen MR) is 92.6 cm³/mol. The molecule has 0 spiro atoms. The van der Waals surface area contributed by atoms with Crippen molar-refractivity contribution in [1.82, 2.24) is 0 Å². The standard InChI is InChI=1S/C17H13Cl2N3O2/c1-2-24-16(23)17(10-6-4-3-5-7-10)15(22-20)14-12(19)8-11(18)9-13(14)21-17/h3-9,21H,2H2,1H3. The molecule has 3 rings (SSSR count). The number of halogens is 2. The van der Waals surface area contributed by atoms with E-state index in [0.29, 0.717) is 21.8 Å². The molecule has 0 aromatic heterocycles. The van der Waals surface area contributed by atoms with Crippen LogP contribution in [0.1, 0.15) is 18.1 Å². The number of fused-ring (bicyclic) bond motifs is 1. The van der Waals surface area contributed by atoms with E-state index in [-0.39, 0.29) is 17.3 Å². The first-order valence-electron chi connectivity index (χ1n) is 7.27. The monoisotopic (exact) mass is 361 g/mol. The number of carbonyl (C=O) groups excluding carboxylic acids is 1. The van der Waals surface area contributed by atoms with Gasteiger partial charge in [-0.1, -0.05) is 53.5 Å². The lowest BCUT2D eigenvalue weighted by molar-refractivity contribution is -0.147. The number of benzene rings is 2. The van der Waals surface area contributed by atoms with Crippen molar-refractivity contribution in [2.45, 2.75) is 12.5 Å². The van der Waals surface area contributed by atoms with E-state index in [2.05, 4.69) is 10.1 Å². The van der Waals surface area contributed by atoms with Crippen LogP contribution >= 0.6 is 23.2 Å². The number of hydrogen-bond acceptors (Lipinski definition) is 3. The Morgan fingerprint density at radius 3 is 2.62 bits per heavy atom. The normalized spacial score (nSPS) is 18.5. The first-order valence-corrected chi connectivity index (χ1v) is 8.03. The first-order chi connectivity index (χ1) is 11.5. The van der Waals surface area contributed by atoms with E-state index in [9.17, 15) is 10.3 Å². The van der Waals surface area contributed by atoms with Crippen LogP contribution in [0.2, 0.25) is 10.0 Å². The lowest BCUT2D eigenvalue weighted by atomic mass is 9.85. The van der Waals surface area contributed by atoms with Gasteiger partial charge < -0.3 is 15.6 Å². The molecule has 0 fully saturated rings. The van der Waals surface area contributed by atoms with Crippen LogP contribution in [0.15, 0.2) is 42.5 Å². The average Bonchev–Trinajstić information content (AvgIpc) is 2.91. The minimum atomic E-state index is -1.50. The summed E-state index contributed by atoms with van der Waals surface area (Å²) in [4.78, 5) is 16.2. The van der Waals surface area contributed by atoms with E-state index in [1.165, 1.54) is 6.07 Å². The van der Waals surface area contributed by atoms with Crippen LogP contribution < -0.4 is 5.32 Å². The molecule has 1 heterocycles. The minimum absolute atomic E-state index is 0.0730. The second-order valence-corrected chi connectivity index (χ2v) is 6.06. The molecule has 0 radical (unpaired) electrons. The maximum absolute atomic E-state index is 12.8. The van der Waals surface area contributed by atoms with Gasteiger partial charge in [0.25, 0.3) is 5.54 Å². The van der Waals surface area contributed by atoms with Gasteiger partial charge in [-0.15, -0.1) is 0 Å². The quantitative estimate of drug-likeness (QED) is 0.511. The summed E-state index contributed by atoms with van der Waals surface area (Å²) in [6.45, 7) is 1.89. The van der Waals surface area contributed by atoms with Crippen molar-refractivity contribution in [3.63, 3.8) is 0 Å². The zero-order chi connectivity index (χ0) is 17.3. The molecule has 0 saturated heterocycles. The van der Waals surface area contributed by atoms with Crippen LogP contribution in [-0.4, -0.2) is 23.1 Å². The smallest absolute Gasteiger partial charge is 0.349 e. The maximum atomic E-state index is 12.8. The lowest BCUT2D eigenvalue weighted by Gasteiger charge is -2.24. The van der Waals surface area contributed by atoms with Crippen LogP contribution in [-0.2, 0) is 15.1 Å². The number of carbonyl (C=O) groups is 1. The molecule has 2 aromatic rings. The summed E-state index contributed by atoms with van der Waals surface area (Å²) >= 11 is 12.3. The number of anilines is 1. The number of ether oxygens (including phenoxy) is 1. The van der Waals surface area contributed by atoms with Gasteiger partial charge in [0.15, 0.2) is 0 Å². The summed E-state index contributed by atoms with van der Waals surface area (Å²) in [6, 6.07) is 12.0. The van der Waals surface area contributed by atoms with E-state index < -0.39 is 11.5 Å². The zero-order valence-electron chi connectivity index (χ0n) is 12.7. The highest BCUT2D eigenvalue weighted by Gasteiger charge is 2.59. The Morgan fingerprint density at radius 2 is 2.00 bits per heavy atom. The largest absolute Gasteiger partial charge is 0.464 e. The van der Waals surface area contributed by atoms with E-state index in [1.54, 1.807) is 37.3 Å². The zero-order valence-corrected chi connectivity index (χ0v) is 14.2. The molecule has 5 nitrogen and oxygen atoms in total. The predicted octanol–water partition coefficient (Wildman–Crippen LogP) is 3.90. The van der Waals surface area contributed by atoms with E-state index in [4.69, 9.17) is 27.9 Å². The first kappa shape index (κ1) is 16.5. The maximum Gasteiger partial charge on any atom is 0.349 e. The molecule has 2 aromatic carbocycles. The van der Waals surface area contributed by atoms with Gasteiger partial charge >= 0.3 is 11.7 Å². The molecule has 0 bridgehead atoms. The molecule has 0 saturated carbocycles. The highest BCUT2D eigenvalue weighted by atomic mass is 35.5. The molecular formula is C17H13Cl2N3O2. The van der Waals surface area contributed by atoms with Crippen molar-refractivity contribution in [2.75, 3.05) is 11.9 Å². The third-order valence-corrected chi connectivity index (χ3v) is 4.37. The number of rotatable bonds is 3. The van der Waals surface area contributed by atoms with E-state index in [0.717, 1.165) is 0 Å². The number of hydrogen-bond donors (Lipinski definition) is 1. The second kappa shape index (κ2) is 6.29. The topological polar surface area (TPSA) is 74.7 Å². The van der Waals surface area contributed by atoms with Crippen LogP contribution in [0.3, 0.4) is 0 Å². The third kappa shape index (κ3) is 2.38. The molecule has 7 heteroatoms. The van der Waals surface area contributed by atoms with Crippen LogP contribution in [0.25, 0.3) is 5.53 Å². The Bertz CT molecular complexity index is 864. The summed E-state index contributed by atoms with van der Waals surface area (Å²) in [5.41, 5.74) is 9.73. The fraction of sp³-hybridized carbons (Fsp3) is 0.176. The fourth-order valence-corrected chi connectivity index (χ4v) is 3.47. The SMILES string of the molecule is CCOC(=O)C1(c2ccccc2)Nc2cc(Cl)cc(Cl)c2C1=[N+]=[N-]. The van der Waals surface area contributed by atoms with Crippen LogP contribution in [0.5, 0.6) is 0 Å². The van der Waals surface area contributed by atoms with Crippen molar-refractivity contribution < 1.29 is 14.3 Å². The summed E-state index contributed by atoms with van der Waals surface area (Å²) < 4.78 is 5.25. The van der Waals surface area contributed by atoms with Gasteiger partial charge in [0.2, 0.25) is 0 Å². The van der Waals surface area contributed by atoms with Gasteiger partial charge in [-0.05, 0) is 19.1 Å². The number of esters is 1. The van der Waals surface area contributed by atoms with Crippen LogP contribution in [0, 0.1) is 0 Å². The van der Waals surface area contributed by atoms with Gasteiger partial charge in [0, 0.05) is 10.6 Å². The summed E-state index contributed by atoms with van der Waals surface area (Å²) in [6.07, 6.45) is 0. The van der Waals surface area contributed by atoms with Crippen molar-refractivity contribution >= 4 is 40.6 Å². The highest BCUT2D eigenvalue weighted by molar-refractivity contribution is 6.40. The van der Waals surface area contributed by atoms with Gasteiger partial charge in [-0.2, -0.15) is 4.79 Å². The summed E-state index contributed by atoms with van der Waals surface area (Å²) in [5, 5.41) is 3.77. The fourth-order valence-electron chi connectivity index (χ4n) is 2.89. The Labute approximate surface area is 148 Å². The van der Waals surface area contributed by atoms with E-state index in [1.807, 2.05) is 6.07 Å². The molecule has 1 unspecified atom stereocenters. The molecule has 122 valence electrons. The van der Waals surface area contributed by atoms with Crippen molar-refractivity contribution in [2.24, 2.45) is 0 Å². The molecule has 0 aliphatic carbocycles. The molecule has 0 amide bonds. The van der Waals surface area contributed by atoms with Crippen molar-refractivity contribution in [1.29, 1.82) is 0 Å². The van der Waals surface area contributed by atoms with Crippen molar-refractivity contribution in [3.05, 3.63) is 69.2 Å². The van der Waals surface area contributed by atoms with Gasteiger partial charge in [0.05, 0.1) is 17.3 Å². The molecular weight excluding hydrogens is 349 g/mol. The Morgan fingerprint density at radius 1 is 1.29 bits per heavy atom. The molecule has 1 aliphatic heterocycles. The number of nitrogens with zero attached hydrogens (tertiary/aromatic N) is 2. The molecule has 1 aliphatic rings. The number of nitrogens with one attached hydrogen (secondary N) is 1. The Kier molecular flexibility index (Phi) is 4.33. The third-order valence-electron chi connectivity index (χ3n) is 3.86. The van der Waals surface area contributed by atoms with Gasteiger partial charge in [-0.3, -0.25) is 0 Å². The molecule has 24 heavy (non-hydrogen) atoms. The lowest BCUT2D eigenvalue weighted by Crippen LogP contribution is -2.48. The second-order valence-electron chi connectivity index (χ2n) is 5.22. The highest BCUT2D eigenvalue weighted by Crippen LogP contribution is 2.44. The van der Waals surface area contributed by atoms with E-state index >= 15 is 0 Å².